The van der Waals surface area contributed by atoms with Gasteiger partial charge >= 0.3 is 5.69 Å². The molecule has 0 fully saturated rings. The standard InChI is InChI=1S/C23H27FN4O/c1-3-4-5-12-27-20-11-8-18(22-25-14-16(2)26-22)13-21(20)28(23(27)29)15-17-6-9-19(24)10-7-17/h6-11,13,16H,3-5,12,14-15H2,1-2H3,(H,25,26). The van der Waals surface area contributed by atoms with Crippen LogP contribution in [0.5, 0.6) is 0 Å². The summed E-state index contributed by atoms with van der Waals surface area (Å²) in [6.45, 7) is 6.13. The number of aliphatic imine (C=N–C) groups is 1. The molecule has 4 rings (SSSR count). The Bertz CT molecular complexity index is 1090. The van der Waals surface area contributed by atoms with Crippen LogP contribution in [0.1, 0.15) is 44.2 Å². The van der Waals surface area contributed by atoms with Gasteiger partial charge in [0.1, 0.15) is 11.7 Å². The van der Waals surface area contributed by atoms with Gasteiger partial charge in [-0.3, -0.25) is 14.1 Å². The lowest BCUT2D eigenvalue weighted by atomic mass is 10.1. The molecular weight excluding hydrogens is 367 g/mol. The molecule has 1 N–H and O–H groups in total. The van der Waals surface area contributed by atoms with Crippen molar-refractivity contribution < 1.29 is 4.39 Å². The number of halogens is 1. The Hall–Kier alpha value is -2.89. The molecule has 0 saturated heterocycles. The van der Waals surface area contributed by atoms with E-state index in [1.54, 1.807) is 16.7 Å². The fourth-order valence-electron chi connectivity index (χ4n) is 3.86. The van der Waals surface area contributed by atoms with Crippen molar-refractivity contribution in [3.8, 4) is 0 Å². The monoisotopic (exact) mass is 394 g/mol. The van der Waals surface area contributed by atoms with Crippen LogP contribution >= 0.6 is 0 Å². The third-order valence-corrected chi connectivity index (χ3v) is 5.44. The number of aryl methyl sites for hydroxylation is 1. The van der Waals surface area contributed by atoms with Gasteiger partial charge in [-0.2, -0.15) is 0 Å². The molecule has 1 unspecified atom stereocenters. The van der Waals surface area contributed by atoms with E-state index >= 15 is 0 Å². The maximum atomic E-state index is 13.3. The van der Waals surface area contributed by atoms with Gasteiger partial charge in [0.2, 0.25) is 0 Å². The van der Waals surface area contributed by atoms with Crippen molar-refractivity contribution in [2.75, 3.05) is 6.54 Å². The lowest BCUT2D eigenvalue weighted by molar-refractivity contribution is 0.584. The van der Waals surface area contributed by atoms with Crippen LogP contribution in [0.25, 0.3) is 11.0 Å². The summed E-state index contributed by atoms with van der Waals surface area (Å²) < 4.78 is 17.0. The molecule has 1 aromatic heterocycles. The number of benzene rings is 2. The zero-order valence-corrected chi connectivity index (χ0v) is 17.0. The van der Waals surface area contributed by atoms with Crippen LogP contribution in [0.4, 0.5) is 4.39 Å². The Labute approximate surface area is 169 Å². The van der Waals surface area contributed by atoms with Gasteiger partial charge in [0.15, 0.2) is 0 Å². The Kier molecular flexibility index (Phi) is 5.51. The smallest absolute Gasteiger partial charge is 0.329 e. The predicted molar refractivity (Wildman–Crippen MR) is 115 cm³/mol. The third kappa shape index (κ3) is 3.97. The second-order valence-corrected chi connectivity index (χ2v) is 7.79. The lowest BCUT2D eigenvalue weighted by Crippen LogP contribution is -2.27. The summed E-state index contributed by atoms with van der Waals surface area (Å²) in [6.07, 6.45) is 3.17. The van der Waals surface area contributed by atoms with Crippen molar-refractivity contribution in [1.82, 2.24) is 14.5 Å². The van der Waals surface area contributed by atoms with Gasteiger partial charge in [-0.05, 0) is 49.2 Å². The molecule has 1 atom stereocenters. The first-order valence-electron chi connectivity index (χ1n) is 10.4. The molecule has 0 bridgehead atoms. The van der Waals surface area contributed by atoms with E-state index in [4.69, 9.17) is 0 Å². The van der Waals surface area contributed by atoms with E-state index in [-0.39, 0.29) is 11.5 Å². The molecule has 29 heavy (non-hydrogen) atoms. The van der Waals surface area contributed by atoms with E-state index in [9.17, 15) is 9.18 Å². The Morgan fingerprint density at radius 3 is 2.59 bits per heavy atom. The molecule has 1 aliphatic rings. The van der Waals surface area contributed by atoms with Crippen LogP contribution in [-0.4, -0.2) is 27.6 Å². The Morgan fingerprint density at radius 1 is 1.10 bits per heavy atom. The minimum atomic E-state index is -0.273. The second kappa shape index (κ2) is 8.23. The summed E-state index contributed by atoms with van der Waals surface area (Å²) in [5.41, 5.74) is 3.69. The number of nitrogens with zero attached hydrogens (tertiary/aromatic N) is 3. The molecule has 6 heteroatoms. The van der Waals surface area contributed by atoms with Crippen LogP contribution in [0.2, 0.25) is 0 Å². The molecule has 0 radical (unpaired) electrons. The van der Waals surface area contributed by atoms with Crippen LogP contribution < -0.4 is 11.0 Å². The van der Waals surface area contributed by atoms with Gasteiger partial charge in [-0.1, -0.05) is 31.9 Å². The van der Waals surface area contributed by atoms with Crippen molar-refractivity contribution in [3.63, 3.8) is 0 Å². The van der Waals surface area contributed by atoms with Gasteiger partial charge in [-0.25, -0.2) is 9.18 Å². The number of hydrogen-bond acceptors (Lipinski definition) is 3. The zero-order chi connectivity index (χ0) is 20.4. The summed E-state index contributed by atoms with van der Waals surface area (Å²) in [4.78, 5) is 17.8. The molecule has 3 aromatic rings. The van der Waals surface area contributed by atoms with Crippen molar-refractivity contribution in [2.24, 2.45) is 4.99 Å². The number of amidine groups is 1. The maximum Gasteiger partial charge on any atom is 0.329 e. The average molecular weight is 394 g/mol. The number of rotatable bonds is 7. The minimum Gasteiger partial charge on any atom is -0.366 e. The number of fused-ring (bicyclic) bond motifs is 1. The third-order valence-electron chi connectivity index (χ3n) is 5.44. The number of unbranched alkanes of at least 4 members (excludes halogenated alkanes) is 2. The van der Waals surface area contributed by atoms with E-state index in [1.807, 2.05) is 22.8 Å². The summed E-state index contributed by atoms with van der Waals surface area (Å²) >= 11 is 0. The molecule has 0 spiro atoms. The average Bonchev–Trinajstić information content (AvgIpc) is 3.26. The van der Waals surface area contributed by atoms with Crippen molar-refractivity contribution in [3.05, 3.63) is 69.9 Å². The molecular formula is C23H27FN4O. The maximum absolute atomic E-state index is 13.3. The number of aromatic nitrogens is 2. The quantitative estimate of drug-likeness (QED) is 0.618. The van der Waals surface area contributed by atoms with Crippen molar-refractivity contribution in [2.45, 2.75) is 52.2 Å². The largest absolute Gasteiger partial charge is 0.366 e. The van der Waals surface area contributed by atoms with Crippen LogP contribution in [0, 0.1) is 5.82 Å². The highest BCUT2D eigenvalue weighted by Gasteiger charge is 2.18. The highest BCUT2D eigenvalue weighted by molar-refractivity contribution is 6.02. The topological polar surface area (TPSA) is 51.3 Å². The molecule has 0 amide bonds. The van der Waals surface area contributed by atoms with Crippen molar-refractivity contribution in [1.29, 1.82) is 0 Å². The molecule has 2 aromatic carbocycles. The minimum absolute atomic E-state index is 0.0210. The number of imidazole rings is 1. The van der Waals surface area contributed by atoms with Gasteiger partial charge in [0, 0.05) is 18.2 Å². The van der Waals surface area contributed by atoms with Gasteiger partial charge in [0.05, 0.1) is 24.1 Å². The van der Waals surface area contributed by atoms with Crippen molar-refractivity contribution >= 4 is 16.9 Å². The SMILES string of the molecule is CCCCCn1c(=O)n(Cc2ccc(F)cc2)c2cc(C3=NCC(C)N3)ccc21. The number of hydrogen-bond donors (Lipinski definition) is 1. The molecule has 0 aliphatic carbocycles. The first-order valence-corrected chi connectivity index (χ1v) is 10.4. The van der Waals surface area contributed by atoms with E-state index in [0.29, 0.717) is 19.1 Å². The van der Waals surface area contributed by atoms with Gasteiger partial charge in [0.25, 0.3) is 0 Å². The Morgan fingerprint density at radius 2 is 1.90 bits per heavy atom. The summed E-state index contributed by atoms with van der Waals surface area (Å²) in [7, 11) is 0. The molecule has 2 heterocycles. The number of nitrogens with one attached hydrogen (secondary N) is 1. The zero-order valence-electron chi connectivity index (χ0n) is 17.0. The lowest BCUT2D eigenvalue weighted by Gasteiger charge is -2.08. The highest BCUT2D eigenvalue weighted by Crippen LogP contribution is 2.19. The highest BCUT2D eigenvalue weighted by atomic mass is 19.1. The van der Waals surface area contributed by atoms with E-state index in [2.05, 4.69) is 24.2 Å². The van der Waals surface area contributed by atoms with E-state index in [1.165, 1.54) is 12.1 Å². The van der Waals surface area contributed by atoms with Crippen LogP contribution in [0.3, 0.4) is 0 Å². The van der Waals surface area contributed by atoms with Crippen LogP contribution in [0.15, 0.2) is 52.3 Å². The summed E-state index contributed by atoms with van der Waals surface area (Å²) in [5, 5.41) is 3.39. The van der Waals surface area contributed by atoms with E-state index in [0.717, 1.165) is 53.8 Å². The van der Waals surface area contributed by atoms with Crippen LogP contribution in [-0.2, 0) is 13.1 Å². The van der Waals surface area contributed by atoms with E-state index < -0.39 is 0 Å². The molecule has 1 aliphatic heterocycles. The predicted octanol–water partition coefficient (Wildman–Crippen LogP) is 3.92. The molecule has 152 valence electrons. The Balaban J connectivity index is 1.78. The van der Waals surface area contributed by atoms with Gasteiger partial charge < -0.3 is 5.32 Å². The summed E-state index contributed by atoms with van der Waals surface area (Å²) in [6, 6.07) is 12.7. The summed E-state index contributed by atoms with van der Waals surface area (Å²) in [5.74, 6) is 0.601. The fourth-order valence-corrected chi connectivity index (χ4v) is 3.86. The first-order chi connectivity index (χ1) is 14.1. The second-order valence-electron chi connectivity index (χ2n) is 7.79. The van der Waals surface area contributed by atoms with Gasteiger partial charge in [-0.15, -0.1) is 0 Å². The molecule has 0 saturated carbocycles. The first kappa shape index (κ1) is 19.4. The molecule has 5 nitrogen and oxygen atoms in total. The fraction of sp³-hybridized carbons (Fsp3) is 0.391. The normalized spacial score (nSPS) is 16.2.